The van der Waals surface area contributed by atoms with E-state index >= 15 is 0 Å². The third-order valence-corrected chi connectivity index (χ3v) is 6.88. The lowest BCUT2D eigenvalue weighted by Crippen LogP contribution is -2.47. The molecule has 2 aliphatic rings. The first-order chi connectivity index (χ1) is 16.0. The molecule has 2 atom stereocenters. The van der Waals surface area contributed by atoms with E-state index in [9.17, 15) is 9.59 Å². The number of nitrogens with zero attached hydrogens (tertiary/aromatic N) is 3. The van der Waals surface area contributed by atoms with Crippen molar-refractivity contribution in [1.29, 1.82) is 0 Å². The summed E-state index contributed by atoms with van der Waals surface area (Å²) in [4.78, 5) is 31.9. The second-order valence-corrected chi connectivity index (χ2v) is 9.53. The summed E-state index contributed by atoms with van der Waals surface area (Å²) in [5.74, 6) is -0.171. The second-order valence-electron chi connectivity index (χ2n) is 9.53. The van der Waals surface area contributed by atoms with Gasteiger partial charge in [-0.05, 0) is 31.5 Å². The molecule has 2 amide bonds. The third-order valence-electron chi connectivity index (χ3n) is 6.88. The van der Waals surface area contributed by atoms with Gasteiger partial charge in [0.05, 0.1) is 5.92 Å². The zero-order chi connectivity index (χ0) is 23.2. The van der Waals surface area contributed by atoms with E-state index in [0.29, 0.717) is 32.1 Å². The van der Waals surface area contributed by atoms with E-state index in [0.717, 1.165) is 38.2 Å². The molecule has 2 fully saturated rings. The lowest BCUT2D eigenvalue weighted by molar-refractivity contribution is -0.129. The van der Waals surface area contributed by atoms with E-state index in [1.807, 2.05) is 4.90 Å². The van der Waals surface area contributed by atoms with E-state index in [1.165, 1.54) is 11.1 Å². The Bertz CT molecular complexity index is 931. The summed E-state index contributed by atoms with van der Waals surface area (Å²) in [5.41, 5.74) is 3.66. The fraction of sp³-hybridized carbons (Fsp3) is 0.481. The standard InChI is InChI=1S/C27H36N4O2/c1-21-9-11-22(12-10-21)18-31-19-24(17-26(31)32)27(33)28-13-6-14-30-16-15-29(2)20-25(30)23-7-4-3-5-8-23/h3-5,7-12,24-25H,6,13-20H2,1-2H3,(H,28,33)/t24-,25+/m1/s1. The minimum absolute atomic E-state index is 0.00717. The normalized spacial score (nSPS) is 22.0. The third kappa shape index (κ3) is 6.21. The highest BCUT2D eigenvalue weighted by atomic mass is 16.2. The van der Waals surface area contributed by atoms with Crippen LogP contribution in [0.15, 0.2) is 54.6 Å². The van der Waals surface area contributed by atoms with Gasteiger partial charge in [-0.2, -0.15) is 0 Å². The maximum Gasteiger partial charge on any atom is 0.225 e. The Morgan fingerprint density at radius 3 is 2.55 bits per heavy atom. The van der Waals surface area contributed by atoms with Crippen LogP contribution in [0.4, 0.5) is 0 Å². The van der Waals surface area contributed by atoms with Gasteiger partial charge in [-0.15, -0.1) is 0 Å². The summed E-state index contributed by atoms with van der Waals surface area (Å²) < 4.78 is 0. The van der Waals surface area contributed by atoms with Crippen LogP contribution in [-0.2, 0) is 16.1 Å². The minimum atomic E-state index is -0.247. The summed E-state index contributed by atoms with van der Waals surface area (Å²) in [5, 5.41) is 3.09. The molecule has 176 valence electrons. The number of likely N-dealkylation sites (tertiary alicyclic amines) is 1. The summed E-state index contributed by atoms with van der Waals surface area (Å²) in [6, 6.07) is 19.3. The molecule has 0 saturated carbocycles. The minimum Gasteiger partial charge on any atom is -0.356 e. The van der Waals surface area contributed by atoms with Crippen molar-refractivity contribution in [2.24, 2.45) is 5.92 Å². The molecule has 2 aliphatic heterocycles. The molecule has 0 radical (unpaired) electrons. The van der Waals surface area contributed by atoms with Crippen LogP contribution in [0.25, 0.3) is 0 Å². The first-order valence-electron chi connectivity index (χ1n) is 12.1. The van der Waals surface area contributed by atoms with Crippen molar-refractivity contribution in [2.45, 2.75) is 32.4 Å². The Kier molecular flexibility index (Phi) is 7.78. The van der Waals surface area contributed by atoms with Crippen LogP contribution in [0.3, 0.4) is 0 Å². The first kappa shape index (κ1) is 23.5. The molecule has 0 aliphatic carbocycles. The van der Waals surface area contributed by atoms with E-state index < -0.39 is 0 Å². The van der Waals surface area contributed by atoms with Gasteiger partial charge < -0.3 is 15.1 Å². The van der Waals surface area contributed by atoms with Gasteiger partial charge in [0.1, 0.15) is 0 Å². The van der Waals surface area contributed by atoms with Crippen LogP contribution in [0.2, 0.25) is 0 Å². The molecule has 6 nitrogen and oxygen atoms in total. The fourth-order valence-electron chi connectivity index (χ4n) is 4.87. The molecule has 2 aromatic carbocycles. The largest absolute Gasteiger partial charge is 0.356 e. The summed E-state index contributed by atoms with van der Waals surface area (Å²) in [6.45, 7) is 7.87. The molecule has 0 aromatic heterocycles. The molecular formula is C27H36N4O2. The van der Waals surface area contributed by atoms with Crippen molar-refractivity contribution in [2.75, 3.05) is 46.3 Å². The topological polar surface area (TPSA) is 55.9 Å². The van der Waals surface area contributed by atoms with Crippen LogP contribution >= 0.6 is 0 Å². The maximum absolute atomic E-state index is 12.7. The number of hydrogen-bond donors (Lipinski definition) is 1. The van der Waals surface area contributed by atoms with Gasteiger partial charge in [-0.3, -0.25) is 14.5 Å². The number of nitrogens with one attached hydrogen (secondary N) is 1. The van der Waals surface area contributed by atoms with Gasteiger partial charge in [0.15, 0.2) is 0 Å². The average Bonchev–Trinajstić information content (AvgIpc) is 3.19. The predicted octanol–water partition coefficient (Wildman–Crippen LogP) is 2.84. The molecule has 1 N–H and O–H groups in total. The lowest BCUT2D eigenvalue weighted by atomic mass is 10.0. The molecular weight excluding hydrogens is 412 g/mol. The number of likely N-dealkylation sites (N-methyl/N-ethyl adjacent to an activating group) is 1. The Balaban J connectivity index is 1.22. The lowest BCUT2D eigenvalue weighted by Gasteiger charge is -2.40. The number of piperazine rings is 1. The van der Waals surface area contributed by atoms with Gasteiger partial charge in [-0.25, -0.2) is 0 Å². The zero-order valence-corrected chi connectivity index (χ0v) is 19.9. The SMILES string of the molecule is Cc1ccc(CN2C[C@H](C(=O)NCCCN3CCN(C)C[C@H]3c3ccccc3)CC2=O)cc1. The summed E-state index contributed by atoms with van der Waals surface area (Å²) in [7, 11) is 2.18. The van der Waals surface area contributed by atoms with E-state index in [-0.39, 0.29) is 17.7 Å². The highest BCUT2D eigenvalue weighted by molar-refractivity contribution is 5.89. The number of amides is 2. The predicted molar refractivity (Wildman–Crippen MR) is 131 cm³/mol. The van der Waals surface area contributed by atoms with Crippen molar-refractivity contribution in [3.8, 4) is 0 Å². The molecule has 6 heteroatoms. The molecule has 2 heterocycles. The monoisotopic (exact) mass is 448 g/mol. The number of carbonyl (C=O) groups is 2. The van der Waals surface area contributed by atoms with Gasteiger partial charge in [0.2, 0.25) is 11.8 Å². The average molecular weight is 449 g/mol. The van der Waals surface area contributed by atoms with Crippen LogP contribution in [0.1, 0.15) is 35.6 Å². The molecule has 0 unspecified atom stereocenters. The van der Waals surface area contributed by atoms with Gasteiger partial charge in [0.25, 0.3) is 0 Å². The quantitative estimate of drug-likeness (QED) is 0.631. The van der Waals surface area contributed by atoms with E-state index in [2.05, 4.69) is 83.7 Å². The van der Waals surface area contributed by atoms with Crippen LogP contribution < -0.4 is 5.32 Å². The second kappa shape index (κ2) is 10.9. The highest BCUT2D eigenvalue weighted by Gasteiger charge is 2.34. The molecule has 2 aromatic rings. The number of rotatable bonds is 8. The molecule has 33 heavy (non-hydrogen) atoms. The van der Waals surface area contributed by atoms with Gasteiger partial charge in [0, 0.05) is 58.3 Å². The van der Waals surface area contributed by atoms with Crippen molar-refractivity contribution < 1.29 is 9.59 Å². The molecule has 0 spiro atoms. The molecule has 0 bridgehead atoms. The Labute approximate surface area is 197 Å². The molecule has 4 rings (SSSR count). The van der Waals surface area contributed by atoms with Crippen molar-refractivity contribution in [3.63, 3.8) is 0 Å². The maximum atomic E-state index is 12.7. The summed E-state index contributed by atoms with van der Waals surface area (Å²) in [6.07, 6.45) is 1.22. The van der Waals surface area contributed by atoms with Crippen molar-refractivity contribution in [3.05, 3.63) is 71.3 Å². The Hall–Kier alpha value is -2.70. The number of carbonyl (C=O) groups excluding carboxylic acids is 2. The van der Waals surface area contributed by atoms with E-state index in [4.69, 9.17) is 0 Å². The van der Waals surface area contributed by atoms with Gasteiger partial charge in [-0.1, -0.05) is 60.2 Å². The fourth-order valence-corrected chi connectivity index (χ4v) is 4.87. The van der Waals surface area contributed by atoms with Crippen molar-refractivity contribution in [1.82, 2.24) is 20.0 Å². The highest BCUT2D eigenvalue weighted by Crippen LogP contribution is 2.25. The number of benzene rings is 2. The van der Waals surface area contributed by atoms with E-state index in [1.54, 1.807) is 0 Å². The van der Waals surface area contributed by atoms with Gasteiger partial charge >= 0.3 is 0 Å². The molecule has 2 saturated heterocycles. The van der Waals surface area contributed by atoms with Crippen LogP contribution in [0, 0.1) is 12.8 Å². The van der Waals surface area contributed by atoms with Crippen LogP contribution in [-0.4, -0.2) is 72.8 Å². The first-order valence-corrected chi connectivity index (χ1v) is 12.1. The van der Waals surface area contributed by atoms with Crippen LogP contribution in [0.5, 0.6) is 0 Å². The number of hydrogen-bond acceptors (Lipinski definition) is 4. The van der Waals surface area contributed by atoms with Crippen molar-refractivity contribution >= 4 is 11.8 Å². The number of aryl methyl sites for hydroxylation is 1. The smallest absolute Gasteiger partial charge is 0.225 e. The Morgan fingerprint density at radius 1 is 1.03 bits per heavy atom. The Morgan fingerprint density at radius 2 is 1.79 bits per heavy atom. The summed E-state index contributed by atoms with van der Waals surface area (Å²) >= 11 is 0. The zero-order valence-electron chi connectivity index (χ0n) is 19.9.